The molecule has 0 bridgehead atoms. The fourth-order valence-electron chi connectivity index (χ4n) is 6.86. The molecule has 0 spiro atoms. The van der Waals surface area contributed by atoms with Gasteiger partial charge in [-0.15, -0.1) is 5.06 Å². The average molecular weight is 890 g/mol. The number of urea groups is 1. The molecule has 0 radical (unpaired) electrons. The van der Waals surface area contributed by atoms with Crippen LogP contribution in [0.15, 0.2) is 54.7 Å². The van der Waals surface area contributed by atoms with E-state index in [2.05, 4.69) is 31.6 Å². The normalized spacial score (nSPS) is 13.8. The first kappa shape index (κ1) is 49.7. The number of H-pyrrole nitrogens is 1. The zero-order valence-corrected chi connectivity index (χ0v) is 36.8. The highest BCUT2D eigenvalue weighted by molar-refractivity contribution is 6.02. The number of ether oxygens (including phenoxy) is 1. The number of carbonyl (C=O) groups is 9. The Balaban J connectivity index is 1.42. The second kappa shape index (κ2) is 24.0. The van der Waals surface area contributed by atoms with E-state index in [1.54, 1.807) is 30.5 Å². The summed E-state index contributed by atoms with van der Waals surface area (Å²) < 4.78 is 5.50. The monoisotopic (exact) mass is 889 g/mol. The summed E-state index contributed by atoms with van der Waals surface area (Å²) in [6.45, 7) is 8.09. The molecule has 4 rings (SSSR count). The summed E-state index contributed by atoms with van der Waals surface area (Å²) in [4.78, 5) is 123. The summed E-state index contributed by atoms with van der Waals surface area (Å²) in [7, 11) is 1.51. The van der Waals surface area contributed by atoms with E-state index >= 15 is 0 Å². The highest BCUT2D eigenvalue weighted by Crippen LogP contribution is 2.20. The quantitative estimate of drug-likeness (QED) is 0.0537. The average Bonchev–Trinajstić information content (AvgIpc) is 3.80. The van der Waals surface area contributed by atoms with E-state index in [1.807, 2.05) is 52.0 Å². The van der Waals surface area contributed by atoms with E-state index in [0.717, 1.165) is 10.9 Å². The predicted octanol–water partition coefficient (Wildman–Crippen LogP) is 2.91. The first-order chi connectivity index (χ1) is 30.4. The van der Waals surface area contributed by atoms with Gasteiger partial charge < -0.3 is 46.9 Å². The summed E-state index contributed by atoms with van der Waals surface area (Å²) in [6.07, 6.45) is 0.710. The highest BCUT2D eigenvalue weighted by Gasteiger charge is 2.34. The van der Waals surface area contributed by atoms with Crippen molar-refractivity contribution in [1.29, 1.82) is 0 Å². The lowest BCUT2D eigenvalue weighted by Gasteiger charge is -2.29. The third-order valence-electron chi connectivity index (χ3n) is 10.2. The van der Waals surface area contributed by atoms with Crippen LogP contribution in [0.1, 0.15) is 83.8 Å². The highest BCUT2D eigenvalue weighted by atomic mass is 16.7. The number of hydroxylamine groups is 2. The van der Waals surface area contributed by atoms with Crippen LogP contribution in [0.4, 0.5) is 15.3 Å². The molecule has 8 N–H and O–H groups in total. The molecule has 20 heteroatoms. The van der Waals surface area contributed by atoms with Crippen molar-refractivity contribution < 1.29 is 52.7 Å². The minimum Gasteiger partial charge on any atom is -0.445 e. The third-order valence-corrected chi connectivity index (χ3v) is 10.2. The molecule has 20 nitrogen and oxygen atoms in total. The van der Waals surface area contributed by atoms with Crippen LogP contribution in [-0.2, 0) is 56.2 Å². The second-order valence-corrected chi connectivity index (χ2v) is 16.3. The number of rotatable bonds is 23. The van der Waals surface area contributed by atoms with Gasteiger partial charge in [0.1, 0.15) is 24.7 Å². The van der Waals surface area contributed by atoms with Crippen LogP contribution < -0.4 is 32.3 Å². The zero-order valence-electron chi connectivity index (χ0n) is 36.8. The minimum atomic E-state index is -1.19. The maximum atomic E-state index is 14.1. The molecule has 1 aliphatic rings. The number of hydrogen-bond donors (Lipinski definition) is 7. The van der Waals surface area contributed by atoms with E-state index in [-0.39, 0.29) is 82.3 Å². The maximum absolute atomic E-state index is 14.1. The van der Waals surface area contributed by atoms with Crippen LogP contribution in [0.2, 0.25) is 0 Å². The number of carbonyl (C=O) groups excluding carboxylic acids is 9. The number of amides is 9. The van der Waals surface area contributed by atoms with Crippen molar-refractivity contribution in [1.82, 2.24) is 36.2 Å². The molecule has 3 aromatic rings. The topological polar surface area (TPSA) is 281 Å². The van der Waals surface area contributed by atoms with Crippen molar-refractivity contribution >= 4 is 70.1 Å². The zero-order chi connectivity index (χ0) is 46.9. The summed E-state index contributed by atoms with van der Waals surface area (Å²) in [5.74, 6) is -4.22. The molecule has 1 aromatic heterocycles. The van der Waals surface area contributed by atoms with Crippen molar-refractivity contribution in [3.63, 3.8) is 0 Å². The number of primary amides is 1. The van der Waals surface area contributed by atoms with Crippen LogP contribution >= 0.6 is 0 Å². The van der Waals surface area contributed by atoms with Gasteiger partial charge in [-0.25, -0.2) is 14.4 Å². The third kappa shape index (κ3) is 15.1. The molecule has 2 heterocycles. The van der Waals surface area contributed by atoms with Gasteiger partial charge in [-0.1, -0.05) is 58.0 Å². The van der Waals surface area contributed by atoms with Gasteiger partial charge in [0.2, 0.25) is 23.6 Å². The standard InChI is InChI=1S/C44H59N9O11/c1-26(2)23-48-42(60)39(27(3)4)52(5)44(62)63-25-28-15-17-30(18-16-28)49-40(58)33(12-9-21-46-43(45)61)51-41(59)34(22-29-24-47-32-11-7-6-10-31(29)32)50-35(54)13-8-14-38(57)64-53-36(55)19-20-37(53)56/h6-7,10-11,15-18,24,26-27,33-34,39,47H,8-9,12-14,19-23,25H2,1-5H3,(H,48,60)(H,49,58)(H,50,54)(H,51,59)(H3,45,46,61)/t33-,34+,39-/m0/s1. The Labute approximate surface area is 371 Å². The maximum Gasteiger partial charge on any atom is 0.410 e. The molecular weight excluding hydrogens is 831 g/mol. The van der Waals surface area contributed by atoms with Gasteiger partial charge >= 0.3 is 18.1 Å². The van der Waals surface area contributed by atoms with Crippen molar-refractivity contribution in [2.75, 3.05) is 25.5 Å². The molecule has 1 fully saturated rings. The van der Waals surface area contributed by atoms with Crippen LogP contribution in [0.25, 0.3) is 10.9 Å². The van der Waals surface area contributed by atoms with E-state index in [1.165, 1.54) is 11.9 Å². The number of hydrogen-bond acceptors (Lipinski definition) is 11. The van der Waals surface area contributed by atoms with Crippen molar-refractivity contribution in [2.24, 2.45) is 17.6 Å². The largest absolute Gasteiger partial charge is 0.445 e. The number of para-hydroxylation sites is 1. The molecule has 2 aromatic carbocycles. The summed E-state index contributed by atoms with van der Waals surface area (Å²) in [5, 5.41) is 14.8. The lowest BCUT2D eigenvalue weighted by Crippen LogP contribution is -2.53. The number of benzene rings is 2. The number of fused-ring (bicyclic) bond motifs is 1. The van der Waals surface area contributed by atoms with Crippen LogP contribution in [-0.4, -0.2) is 107 Å². The predicted molar refractivity (Wildman–Crippen MR) is 233 cm³/mol. The molecule has 1 saturated heterocycles. The molecule has 9 amide bonds. The summed E-state index contributed by atoms with van der Waals surface area (Å²) in [6, 6.07) is 9.98. The Hall–Kier alpha value is -6.99. The van der Waals surface area contributed by atoms with Gasteiger partial charge in [0, 0.05) is 75.0 Å². The van der Waals surface area contributed by atoms with Gasteiger partial charge in [0.25, 0.3) is 11.8 Å². The minimum absolute atomic E-state index is 0.0195. The fraction of sp³-hybridized carbons (Fsp3) is 0.477. The molecule has 0 saturated carbocycles. The van der Waals surface area contributed by atoms with Gasteiger partial charge in [-0.05, 0) is 60.4 Å². The van der Waals surface area contributed by atoms with Gasteiger partial charge in [0.05, 0.1) is 0 Å². The Kier molecular flexibility index (Phi) is 18.6. The molecule has 346 valence electrons. The Morgan fingerprint density at radius 1 is 0.828 bits per heavy atom. The molecule has 0 unspecified atom stereocenters. The second-order valence-electron chi connectivity index (χ2n) is 16.3. The molecular formula is C44H59N9O11. The Morgan fingerprint density at radius 3 is 2.17 bits per heavy atom. The number of nitrogens with zero attached hydrogens (tertiary/aromatic N) is 2. The Morgan fingerprint density at radius 2 is 1.52 bits per heavy atom. The van der Waals surface area contributed by atoms with E-state index in [0.29, 0.717) is 28.4 Å². The van der Waals surface area contributed by atoms with Gasteiger partial charge in [-0.2, -0.15) is 0 Å². The first-order valence-electron chi connectivity index (χ1n) is 21.2. The molecule has 3 atom stereocenters. The number of nitrogens with one attached hydrogen (secondary N) is 6. The smallest absolute Gasteiger partial charge is 0.410 e. The van der Waals surface area contributed by atoms with E-state index < -0.39 is 65.8 Å². The molecule has 64 heavy (non-hydrogen) atoms. The number of aromatic amines is 1. The van der Waals surface area contributed by atoms with Crippen LogP contribution in [0, 0.1) is 11.8 Å². The lowest BCUT2D eigenvalue weighted by molar-refractivity contribution is -0.197. The van der Waals surface area contributed by atoms with Crippen LogP contribution in [0.3, 0.4) is 0 Å². The number of anilines is 1. The summed E-state index contributed by atoms with van der Waals surface area (Å²) >= 11 is 0. The number of likely N-dealkylation sites (N-methyl/N-ethyl adjacent to an activating group) is 1. The van der Waals surface area contributed by atoms with Crippen molar-refractivity contribution in [3.8, 4) is 0 Å². The lowest BCUT2D eigenvalue weighted by atomic mass is 10.0. The van der Waals surface area contributed by atoms with Crippen molar-refractivity contribution in [3.05, 3.63) is 65.9 Å². The summed E-state index contributed by atoms with van der Waals surface area (Å²) in [5.41, 5.74) is 7.67. The van der Waals surface area contributed by atoms with Crippen LogP contribution in [0.5, 0.6) is 0 Å². The van der Waals surface area contributed by atoms with Gasteiger partial charge in [0.15, 0.2) is 0 Å². The molecule has 0 aliphatic carbocycles. The number of aromatic nitrogens is 1. The Bertz CT molecular complexity index is 2140. The number of nitrogens with two attached hydrogens (primary N) is 1. The van der Waals surface area contributed by atoms with E-state index in [9.17, 15) is 43.2 Å². The molecule has 1 aliphatic heterocycles. The SMILES string of the molecule is CC(C)CNC(=O)[C@H](C(C)C)N(C)C(=O)OCc1ccc(NC(=O)[C@H](CCCNC(N)=O)NC(=O)[C@@H](Cc2c[nH]c3ccccc23)NC(=O)CCCC(=O)ON2C(=O)CCC2=O)cc1. The first-order valence-corrected chi connectivity index (χ1v) is 21.2. The fourth-order valence-corrected chi connectivity index (χ4v) is 6.86. The van der Waals surface area contributed by atoms with Crippen molar-refractivity contribution in [2.45, 2.75) is 104 Å². The van der Waals surface area contributed by atoms with Gasteiger partial charge in [-0.3, -0.25) is 33.7 Å². The number of imide groups is 1. The van der Waals surface area contributed by atoms with E-state index in [4.69, 9.17) is 15.3 Å².